The highest BCUT2D eigenvalue weighted by atomic mass is 16.7. The molecule has 25 heavy (non-hydrogen) atoms. The van der Waals surface area contributed by atoms with E-state index < -0.39 is 30.1 Å². The number of carbonyl (C=O) groups excluding carboxylic acids is 1. The minimum atomic E-state index is -1.13. The third-order valence-corrected chi connectivity index (χ3v) is 4.05. The third-order valence-electron chi connectivity index (χ3n) is 4.05. The number of aliphatic carboxylic acids is 1. The van der Waals surface area contributed by atoms with E-state index in [0.717, 1.165) is 5.56 Å². The molecule has 1 N–H and O–H groups in total. The second kappa shape index (κ2) is 9.08. The van der Waals surface area contributed by atoms with Gasteiger partial charge in [0.1, 0.15) is 12.5 Å². The first-order valence-corrected chi connectivity index (χ1v) is 8.57. The van der Waals surface area contributed by atoms with Crippen LogP contribution in [-0.2, 0) is 30.2 Å². The zero-order valence-corrected chi connectivity index (χ0v) is 14.8. The largest absolute Gasteiger partial charge is 0.481 e. The summed E-state index contributed by atoms with van der Waals surface area (Å²) in [6.07, 6.45) is 0.420. The first-order chi connectivity index (χ1) is 11.9. The van der Waals surface area contributed by atoms with E-state index in [4.69, 9.17) is 19.3 Å². The van der Waals surface area contributed by atoms with Crippen molar-refractivity contribution in [2.75, 3.05) is 13.2 Å². The molecule has 138 valence electrons. The number of carboxylic acids is 1. The maximum absolute atomic E-state index is 12.1. The molecule has 2 atom stereocenters. The topological polar surface area (TPSA) is 82.1 Å². The van der Waals surface area contributed by atoms with Gasteiger partial charge in [0.15, 0.2) is 11.6 Å². The van der Waals surface area contributed by atoms with E-state index in [1.54, 1.807) is 0 Å². The number of ketones is 1. The molecule has 0 spiro atoms. The van der Waals surface area contributed by atoms with Crippen molar-refractivity contribution in [2.45, 2.75) is 57.5 Å². The van der Waals surface area contributed by atoms with E-state index in [1.165, 1.54) is 0 Å². The number of benzene rings is 1. The van der Waals surface area contributed by atoms with Gasteiger partial charge in [0, 0.05) is 0 Å². The van der Waals surface area contributed by atoms with Crippen molar-refractivity contribution in [3.05, 3.63) is 35.9 Å². The molecule has 1 fully saturated rings. The highest BCUT2D eigenvalue weighted by Gasteiger charge is 2.32. The Morgan fingerprint density at radius 2 is 2.04 bits per heavy atom. The highest BCUT2D eigenvalue weighted by molar-refractivity contribution is 5.97. The molecule has 2 rings (SSSR count). The fraction of sp³-hybridized carbons (Fsp3) is 0.579. The summed E-state index contributed by atoms with van der Waals surface area (Å²) in [6.45, 7) is 4.53. The number of Topliss-reactive ketones (excluding diaryl/α,β-unsaturated/α-hetero) is 1. The molecule has 0 aliphatic carbocycles. The minimum Gasteiger partial charge on any atom is -0.481 e. The maximum Gasteiger partial charge on any atom is 0.310 e. The molecule has 0 radical (unpaired) electrons. The van der Waals surface area contributed by atoms with Gasteiger partial charge in [-0.1, -0.05) is 30.3 Å². The second-order valence-corrected chi connectivity index (χ2v) is 6.66. The van der Waals surface area contributed by atoms with Crippen LogP contribution >= 0.6 is 0 Å². The van der Waals surface area contributed by atoms with E-state index in [2.05, 4.69) is 0 Å². The predicted molar refractivity (Wildman–Crippen MR) is 91.3 cm³/mol. The molecule has 1 aromatic rings. The van der Waals surface area contributed by atoms with Gasteiger partial charge in [0.25, 0.3) is 0 Å². The van der Waals surface area contributed by atoms with Gasteiger partial charge in [-0.05, 0) is 38.7 Å². The Bertz CT molecular complexity index is 569. The van der Waals surface area contributed by atoms with Crippen LogP contribution in [0, 0.1) is 0 Å². The van der Waals surface area contributed by atoms with Gasteiger partial charge < -0.3 is 19.3 Å². The van der Waals surface area contributed by atoms with E-state index in [-0.39, 0.29) is 6.10 Å². The summed E-state index contributed by atoms with van der Waals surface area (Å²) in [5, 5.41) is 8.86. The van der Waals surface area contributed by atoms with Crippen LogP contribution in [-0.4, -0.2) is 48.1 Å². The Hall–Kier alpha value is -1.76. The first-order valence-electron chi connectivity index (χ1n) is 8.57. The maximum atomic E-state index is 12.1. The van der Waals surface area contributed by atoms with Gasteiger partial charge in [0.05, 0.1) is 19.3 Å². The lowest BCUT2D eigenvalue weighted by molar-refractivity contribution is -0.147. The average molecular weight is 350 g/mol. The van der Waals surface area contributed by atoms with Crippen molar-refractivity contribution in [3.8, 4) is 0 Å². The fourth-order valence-electron chi connectivity index (χ4n) is 2.79. The molecule has 1 aliphatic rings. The normalized spacial score (nSPS) is 20.3. The summed E-state index contributed by atoms with van der Waals surface area (Å²) in [5.41, 5.74) is 1.09. The Labute approximate surface area is 148 Å². The molecule has 6 heteroatoms. The Kier molecular flexibility index (Phi) is 7.11. The zero-order chi connectivity index (χ0) is 18.3. The molecule has 1 heterocycles. The van der Waals surface area contributed by atoms with Gasteiger partial charge in [-0.3, -0.25) is 9.59 Å². The number of aryl methyl sites for hydroxylation is 1. The van der Waals surface area contributed by atoms with Crippen molar-refractivity contribution in [1.29, 1.82) is 0 Å². The lowest BCUT2D eigenvalue weighted by atomic mass is 10.0. The van der Waals surface area contributed by atoms with Crippen LogP contribution in [0.1, 0.15) is 38.7 Å². The Morgan fingerprint density at radius 1 is 1.32 bits per heavy atom. The third kappa shape index (κ3) is 6.94. The standard InChI is InChI=1S/C19H26O6/c1-19(2)24-13-15(25-19)10-11-23-17(16(20)12-18(21)22)9-8-14-6-4-3-5-7-14/h3-7,15,17H,8-13H2,1-2H3,(H,21,22). The predicted octanol–water partition coefficient (Wildman–Crippen LogP) is 2.59. The molecule has 6 nitrogen and oxygen atoms in total. The lowest BCUT2D eigenvalue weighted by Gasteiger charge is -2.19. The van der Waals surface area contributed by atoms with Crippen molar-refractivity contribution in [2.24, 2.45) is 0 Å². The summed E-state index contributed by atoms with van der Waals surface area (Å²) >= 11 is 0. The molecular formula is C19H26O6. The first kappa shape index (κ1) is 19.6. The van der Waals surface area contributed by atoms with Crippen LogP contribution < -0.4 is 0 Å². The van der Waals surface area contributed by atoms with E-state index in [0.29, 0.717) is 32.5 Å². The number of ether oxygens (including phenoxy) is 3. The Morgan fingerprint density at radius 3 is 2.64 bits per heavy atom. The van der Waals surface area contributed by atoms with Gasteiger partial charge in [0.2, 0.25) is 0 Å². The van der Waals surface area contributed by atoms with Gasteiger partial charge in [-0.25, -0.2) is 0 Å². The number of carbonyl (C=O) groups is 2. The molecule has 0 aromatic heterocycles. The summed E-state index contributed by atoms with van der Waals surface area (Å²) in [7, 11) is 0. The summed E-state index contributed by atoms with van der Waals surface area (Å²) < 4.78 is 16.9. The summed E-state index contributed by atoms with van der Waals surface area (Å²) in [4.78, 5) is 23.0. The fourth-order valence-corrected chi connectivity index (χ4v) is 2.79. The SMILES string of the molecule is CC1(C)OCC(CCOC(CCc2ccccc2)C(=O)CC(=O)O)O1. The van der Waals surface area contributed by atoms with Crippen LogP contribution in [0.25, 0.3) is 0 Å². The molecule has 1 saturated heterocycles. The van der Waals surface area contributed by atoms with Gasteiger partial charge in [-0.15, -0.1) is 0 Å². The highest BCUT2D eigenvalue weighted by Crippen LogP contribution is 2.24. The smallest absolute Gasteiger partial charge is 0.310 e. The van der Waals surface area contributed by atoms with E-state index in [1.807, 2.05) is 44.2 Å². The van der Waals surface area contributed by atoms with Crippen molar-refractivity contribution in [3.63, 3.8) is 0 Å². The monoisotopic (exact) mass is 350 g/mol. The van der Waals surface area contributed by atoms with Crippen LogP contribution in [0.3, 0.4) is 0 Å². The van der Waals surface area contributed by atoms with Crippen LogP contribution in [0.5, 0.6) is 0 Å². The number of hydrogen-bond acceptors (Lipinski definition) is 5. The number of rotatable bonds is 10. The molecule has 2 unspecified atom stereocenters. The molecular weight excluding hydrogens is 324 g/mol. The van der Waals surface area contributed by atoms with Crippen molar-refractivity contribution >= 4 is 11.8 Å². The minimum absolute atomic E-state index is 0.0700. The number of hydrogen-bond donors (Lipinski definition) is 1. The van der Waals surface area contributed by atoms with Crippen LogP contribution in [0.15, 0.2) is 30.3 Å². The average Bonchev–Trinajstić information content (AvgIpc) is 2.90. The molecule has 0 amide bonds. The number of carboxylic acid groups (broad SMARTS) is 1. The Balaban J connectivity index is 1.83. The van der Waals surface area contributed by atoms with Crippen LogP contribution in [0.4, 0.5) is 0 Å². The van der Waals surface area contributed by atoms with E-state index in [9.17, 15) is 9.59 Å². The zero-order valence-electron chi connectivity index (χ0n) is 14.8. The molecule has 0 saturated carbocycles. The van der Waals surface area contributed by atoms with Gasteiger partial charge >= 0.3 is 5.97 Å². The van der Waals surface area contributed by atoms with Crippen molar-refractivity contribution < 1.29 is 28.9 Å². The van der Waals surface area contributed by atoms with Crippen molar-refractivity contribution in [1.82, 2.24) is 0 Å². The van der Waals surface area contributed by atoms with Crippen LogP contribution in [0.2, 0.25) is 0 Å². The second-order valence-electron chi connectivity index (χ2n) is 6.66. The quantitative estimate of drug-likeness (QED) is 0.653. The molecule has 0 bridgehead atoms. The molecule has 1 aliphatic heterocycles. The lowest BCUT2D eigenvalue weighted by Crippen LogP contribution is -2.29. The van der Waals surface area contributed by atoms with E-state index >= 15 is 0 Å². The summed E-state index contributed by atoms with van der Waals surface area (Å²) in [6, 6.07) is 9.75. The molecule has 1 aromatic carbocycles. The van der Waals surface area contributed by atoms with Gasteiger partial charge in [-0.2, -0.15) is 0 Å². The summed E-state index contributed by atoms with van der Waals surface area (Å²) in [5.74, 6) is -2.11.